The van der Waals surface area contributed by atoms with E-state index in [-0.39, 0.29) is 6.04 Å². The Morgan fingerprint density at radius 3 is 1.81 bits per heavy atom. The highest BCUT2D eigenvalue weighted by Crippen LogP contribution is 2.27. The maximum atomic E-state index is 12.3. The number of carbonyl (C=O) groups is 4. The van der Waals surface area contributed by atoms with Crippen LogP contribution in [0.1, 0.15) is 12.8 Å². The van der Waals surface area contributed by atoms with E-state index >= 15 is 0 Å². The van der Waals surface area contributed by atoms with Gasteiger partial charge in [0.15, 0.2) is 0 Å². The molecular formula is C12H18N2O7. The first-order valence-corrected chi connectivity index (χ1v) is 6.30. The lowest BCUT2D eigenvalue weighted by molar-refractivity contribution is -0.144. The van der Waals surface area contributed by atoms with E-state index in [9.17, 15) is 19.2 Å². The van der Waals surface area contributed by atoms with Crippen molar-refractivity contribution in [2.24, 2.45) is 0 Å². The maximum Gasteiger partial charge on any atom is 0.325 e. The van der Waals surface area contributed by atoms with Gasteiger partial charge in [-0.25, -0.2) is 4.79 Å². The summed E-state index contributed by atoms with van der Waals surface area (Å²) in [6.45, 7) is -1.39. The fourth-order valence-electron chi connectivity index (χ4n) is 1.70. The highest BCUT2D eigenvalue weighted by Gasteiger charge is 2.37. The summed E-state index contributed by atoms with van der Waals surface area (Å²) in [4.78, 5) is 47.9. The lowest BCUT2D eigenvalue weighted by atomic mass is 10.4. The fourth-order valence-corrected chi connectivity index (χ4v) is 1.70. The molecule has 9 heteroatoms. The molecule has 118 valence electrons. The smallest absolute Gasteiger partial charge is 0.325 e. The number of urea groups is 1. The SMILES string of the molecule is COC(=O)CN(CC(=O)OC)C(=O)N(CC(=O)O)C1CC1. The van der Waals surface area contributed by atoms with Gasteiger partial charge in [-0.1, -0.05) is 0 Å². The summed E-state index contributed by atoms with van der Waals surface area (Å²) >= 11 is 0. The van der Waals surface area contributed by atoms with E-state index < -0.39 is 43.6 Å². The Labute approximate surface area is 121 Å². The third-order valence-electron chi connectivity index (χ3n) is 2.90. The molecule has 21 heavy (non-hydrogen) atoms. The third kappa shape index (κ3) is 5.28. The van der Waals surface area contributed by atoms with Crippen molar-refractivity contribution in [3.63, 3.8) is 0 Å². The quantitative estimate of drug-likeness (QED) is 0.619. The molecule has 0 atom stereocenters. The van der Waals surface area contributed by atoms with Crippen LogP contribution in [0, 0.1) is 0 Å². The summed E-state index contributed by atoms with van der Waals surface area (Å²) in [5, 5.41) is 8.85. The van der Waals surface area contributed by atoms with Crippen LogP contribution in [0.5, 0.6) is 0 Å². The molecule has 0 aromatic heterocycles. The van der Waals surface area contributed by atoms with Gasteiger partial charge in [-0.05, 0) is 12.8 Å². The van der Waals surface area contributed by atoms with Crippen LogP contribution in [0.15, 0.2) is 0 Å². The lowest BCUT2D eigenvalue weighted by Gasteiger charge is -2.28. The topological polar surface area (TPSA) is 113 Å². The van der Waals surface area contributed by atoms with Gasteiger partial charge in [0.25, 0.3) is 0 Å². The van der Waals surface area contributed by atoms with Gasteiger partial charge in [0, 0.05) is 6.04 Å². The molecule has 1 aliphatic carbocycles. The minimum Gasteiger partial charge on any atom is -0.480 e. The molecule has 0 bridgehead atoms. The molecule has 1 fully saturated rings. The molecule has 9 nitrogen and oxygen atoms in total. The molecule has 0 aromatic rings. The van der Waals surface area contributed by atoms with E-state index in [1.807, 2.05) is 0 Å². The molecule has 0 aliphatic heterocycles. The minimum atomic E-state index is -1.16. The van der Waals surface area contributed by atoms with Gasteiger partial charge in [0.05, 0.1) is 14.2 Å². The van der Waals surface area contributed by atoms with Crippen molar-refractivity contribution >= 4 is 23.9 Å². The van der Waals surface area contributed by atoms with E-state index in [1.165, 1.54) is 0 Å². The number of carboxylic acids is 1. The van der Waals surface area contributed by atoms with E-state index in [4.69, 9.17) is 5.11 Å². The lowest BCUT2D eigenvalue weighted by Crippen LogP contribution is -2.50. The van der Waals surface area contributed by atoms with Crippen molar-refractivity contribution in [2.45, 2.75) is 18.9 Å². The van der Waals surface area contributed by atoms with E-state index in [0.29, 0.717) is 12.8 Å². The van der Waals surface area contributed by atoms with Crippen molar-refractivity contribution in [2.75, 3.05) is 33.9 Å². The van der Waals surface area contributed by atoms with Crippen LogP contribution in [-0.2, 0) is 23.9 Å². The van der Waals surface area contributed by atoms with Crippen molar-refractivity contribution in [3.05, 3.63) is 0 Å². The van der Waals surface area contributed by atoms with Gasteiger partial charge in [-0.15, -0.1) is 0 Å². The van der Waals surface area contributed by atoms with E-state index in [2.05, 4.69) is 9.47 Å². The molecule has 0 radical (unpaired) electrons. The maximum absolute atomic E-state index is 12.3. The molecule has 1 N–H and O–H groups in total. The number of hydrogen-bond acceptors (Lipinski definition) is 6. The molecule has 0 heterocycles. The average Bonchev–Trinajstić information content (AvgIpc) is 3.27. The number of hydrogen-bond donors (Lipinski definition) is 1. The van der Waals surface area contributed by atoms with Gasteiger partial charge in [0.1, 0.15) is 19.6 Å². The van der Waals surface area contributed by atoms with Crippen LogP contribution < -0.4 is 0 Å². The molecule has 1 aliphatic rings. The summed E-state index contributed by atoms with van der Waals surface area (Å²) in [5.74, 6) is -2.58. The van der Waals surface area contributed by atoms with Gasteiger partial charge >= 0.3 is 23.9 Å². The number of amides is 2. The van der Waals surface area contributed by atoms with Gasteiger partial charge < -0.3 is 24.4 Å². The van der Waals surface area contributed by atoms with Crippen molar-refractivity contribution < 1.29 is 33.8 Å². The van der Waals surface area contributed by atoms with Crippen molar-refractivity contribution in [1.29, 1.82) is 0 Å². The average molecular weight is 302 g/mol. The Hall–Kier alpha value is -2.32. The summed E-state index contributed by atoms with van der Waals surface area (Å²) in [6.07, 6.45) is 1.40. The van der Waals surface area contributed by atoms with Gasteiger partial charge in [-0.2, -0.15) is 0 Å². The molecular weight excluding hydrogens is 284 g/mol. The Morgan fingerprint density at radius 1 is 1.00 bits per heavy atom. The number of esters is 2. The van der Waals surface area contributed by atoms with Crippen LogP contribution in [0.25, 0.3) is 0 Å². The Balaban J connectivity index is 2.82. The highest BCUT2D eigenvalue weighted by atomic mass is 16.5. The fraction of sp³-hybridized carbons (Fsp3) is 0.667. The molecule has 1 rings (SSSR count). The summed E-state index contributed by atoms with van der Waals surface area (Å²) in [6, 6.07) is -0.873. The largest absolute Gasteiger partial charge is 0.480 e. The number of nitrogens with zero attached hydrogens (tertiary/aromatic N) is 2. The van der Waals surface area contributed by atoms with E-state index in [1.54, 1.807) is 0 Å². The van der Waals surface area contributed by atoms with Crippen LogP contribution in [0.4, 0.5) is 4.79 Å². The monoisotopic (exact) mass is 302 g/mol. The summed E-state index contributed by atoms with van der Waals surface area (Å²) < 4.78 is 8.93. The number of aliphatic carboxylic acids is 1. The number of methoxy groups -OCH3 is 2. The number of rotatable bonds is 7. The van der Waals surface area contributed by atoms with E-state index in [0.717, 1.165) is 24.0 Å². The summed E-state index contributed by atoms with van der Waals surface area (Å²) in [7, 11) is 2.30. The second kappa shape index (κ2) is 7.46. The van der Waals surface area contributed by atoms with Crippen molar-refractivity contribution in [1.82, 2.24) is 9.80 Å². The summed E-state index contributed by atoms with van der Waals surface area (Å²) in [5.41, 5.74) is 0. The molecule has 0 unspecified atom stereocenters. The first kappa shape index (κ1) is 16.7. The zero-order valence-electron chi connectivity index (χ0n) is 11.9. The third-order valence-corrected chi connectivity index (χ3v) is 2.90. The zero-order chi connectivity index (χ0) is 16.0. The predicted octanol–water partition coefficient (Wildman–Crippen LogP) is -0.697. The van der Waals surface area contributed by atoms with Crippen molar-refractivity contribution in [3.8, 4) is 0 Å². The van der Waals surface area contributed by atoms with Crippen LogP contribution in [0.3, 0.4) is 0 Å². The Kier molecular flexibility index (Phi) is 5.94. The molecule has 0 aromatic carbocycles. The number of carboxylic acid groups (broad SMARTS) is 1. The van der Waals surface area contributed by atoms with Crippen LogP contribution >= 0.6 is 0 Å². The van der Waals surface area contributed by atoms with Gasteiger partial charge in [-0.3, -0.25) is 14.4 Å². The molecule has 0 spiro atoms. The standard InChI is InChI=1S/C12H18N2O7/c1-20-10(17)6-13(7-11(18)21-2)12(19)14(5-9(15)16)8-3-4-8/h8H,3-7H2,1-2H3,(H,15,16). The molecule has 1 saturated carbocycles. The molecule has 0 saturated heterocycles. The normalized spacial score (nSPS) is 13.2. The second-order valence-electron chi connectivity index (χ2n) is 4.54. The molecule has 2 amide bonds. The van der Waals surface area contributed by atoms with Gasteiger partial charge in [0.2, 0.25) is 0 Å². The Bertz CT molecular complexity index is 415. The number of ether oxygens (including phenoxy) is 2. The van der Waals surface area contributed by atoms with Crippen LogP contribution in [-0.4, -0.2) is 78.7 Å². The number of carbonyl (C=O) groups excluding carboxylic acids is 3. The first-order chi connectivity index (χ1) is 9.88. The minimum absolute atomic E-state index is 0.175. The predicted molar refractivity (Wildman–Crippen MR) is 68.4 cm³/mol. The highest BCUT2D eigenvalue weighted by molar-refractivity contribution is 5.87. The second-order valence-corrected chi connectivity index (χ2v) is 4.54. The van der Waals surface area contributed by atoms with Crippen LogP contribution in [0.2, 0.25) is 0 Å². The Morgan fingerprint density at radius 2 is 1.48 bits per heavy atom. The first-order valence-electron chi connectivity index (χ1n) is 6.30. The zero-order valence-corrected chi connectivity index (χ0v) is 11.9.